The summed E-state index contributed by atoms with van der Waals surface area (Å²) in [7, 11) is 1.44. The molecule has 43 heavy (non-hydrogen) atoms. The first-order chi connectivity index (χ1) is 20.8. The van der Waals surface area contributed by atoms with E-state index in [0.29, 0.717) is 58.7 Å². The molecule has 0 saturated carbocycles. The fourth-order valence-electron chi connectivity index (χ4n) is 5.69. The van der Waals surface area contributed by atoms with Gasteiger partial charge in [-0.2, -0.15) is 0 Å². The smallest absolute Gasteiger partial charge is 0.305 e. The van der Waals surface area contributed by atoms with Crippen molar-refractivity contribution in [3.63, 3.8) is 0 Å². The Labute approximate surface area is 260 Å². The Morgan fingerprint density at radius 1 is 0.977 bits per heavy atom. The number of imidazole rings is 1. The highest BCUT2D eigenvalue weighted by atomic mass is 35.5. The number of rotatable bonds is 8. The van der Waals surface area contributed by atoms with Crippen LogP contribution in [-0.2, 0) is 29.2 Å². The van der Waals surface area contributed by atoms with E-state index in [2.05, 4.69) is 35.5 Å². The summed E-state index contributed by atoms with van der Waals surface area (Å²) < 4.78 is 13.2. The summed E-state index contributed by atoms with van der Waals surface area (Å²) >= 11 is 12.6. The quantitative estimate of drug-likeness (QED) is 0.221. The van der Waals surface area contributed by atoms with E-state index in [1.807, 2.05) is 31.2 Å². The lowest BCUT2D eigenvalue weighted by Gasteiger charge is -2.31. The molecule has 0 atom stereocenters. The van der Waals surface area contributed by atoms with Crippen LogP contribution in [0.5, 0.6) is 11.6 Å². The largest absolute Gasteiger partial charge is 0.469 e. The lowest BCUT2D eigenvalue weighted by Crippen LogP contribution is -2.34. The van der Waals surface area contributed by atoms with Crippen molar-refractivity contribution in [1.82, 2.24) is 29.4 Å². The fourth-order valence-corrected chi connectivity index (χ4v) is 6.22. The van der Waals surface area contributed by atoms with Crippen molar-refractivity contribution < 1.29 is 14.3 Å². The molecule has 0 aliphatic carbocycles. The van der Waals surface area contributed by atoms with Crippen LogP contribution in [0.15, 0.2) is 48.9 Å². The third-order valence-corrected chi connectivity index (χ3v) is 8.30. The first-order valence-corrected chi connectivity index (χ1v) is 15.1. The first kappa shape index (κ1) is 29.3. The zero-order valence-electron chi connectivity index (χ0n) is 24.2. The molecule has 2 aliphatic heterocycles. The third-order valence-electron chi connectivity index (χ3n) is 7.86. The van der Waals surface area contributed by atoms with Crippen molar-refractivity contribution >= 4 is 35.1 Å². The molecule has 4 aromatic rings. The zero-order chi connectivity index (χ0) is 29.9. The number of benzene rings is 1. The number of anilines is 1. The number of piperidine rings is 1. The second-order valence-electron chi connectivity index (χ2n) is 11.1. The summed E-state index contributed by atoms with van der Waals surface area (Å²) in [5.74, 6) is 2.76. The standard InChI is InChI=1S/C31H33Cl2N7O3/c1-20-17-39-7-8-40(19-28(39)36-20)31-34-15-26(16-35-31)43-29-10-22(9-27(37-29)23-12-24(32)14-25(33)13-23)18-38-5-3-21(4-6-38)11-30(41)42-2/h9-10,12-17,21H,3-8,11,18-19H2,1-2H3. The molecular formula is C31H33Cl2N7O3. The molecule has 224 valence electrons. The van der Waals surface area contributed by atoms with Crippen molar-refractivity contribution in [3.8, 4) is 22.9 Å². The van der Waals surface area contributed by atoms with Gasteiger partial charge in [-0.15, -0.1) is 0 Å². The predicted octanol–water partition coefficient (Wildman–Crippen LogP) is 5.94. The van der Waals surface area contributed by atoms with Gasteiger partial charge in [0.25, 0.3) is 0 Å². The molecule has 1 aromatic carbocycles. The van der Waals surface area contributed by atoms with Crippen LogP contribution in [0.3, 0.4) is 0 Å². The van der Waals surface area contributed by atoms with Crippen LogP contribution in [-0.4, -0.2) is 62.1 Å². The number of esters is 1. The lowest BCUT2D eigenvalue weighted by molar-refractivity contribution is -0.142. The monoisotopic (exact) mass is 621 g/mol. The van der Waals surface area contributed by atoms with Crippen molar-refractivity contribution in [3.05, 3.63) is 76.0 Å². The molecule has 3 aromatic heterocycles. The van der Waals surface area contributed by atoms with E-state index >= 15 is 0 Å². The summed E-state index contributed by atoms with van der Waals surface area (Å²) in [6.45, 7) is 6.80. The first-order valence-electron chi connectivity index (χ1n) is 14.4. The topological polar surface area (TPSA) is 98.5 Å². The number of carbonyl (C=O) groups is 1. The zero-order valence-corrected chi connectivity index (χ0v) is 25.7. The number of fused-ring (bicyclic) bond motifs is 1. The average molecular weight is 623 g/mol. The molecule has 2 aliphatic rings. The Hall–Kier alpha value is -3.73. The number of halogens is 2. The molecule has 6 rings (SSSR count). The van der Waals surface area contributed by atoms with Crippen LogP contribution >= 0.6 is 23.2 Å². The van der Waals surface area contributed by atoms with Crippen LogP contribution < -0.4 is 9.64 Å². The maximum Gasteiger partial charge on any atom is 0.305 e. The van der Waals surface area contributed by atoms with Gasteiger partial charge in [0, 0.05) is 53.9 Å². The molecule has 0 N–H and O–H groups in total. The molecule has 0 unspecified atom stereocenters. The number of carbonyl (C=O) groups excluding carboxylic acids is 1. The SMILES string of the molecule is COC(=O)CC1CCN(Cc2cc(Oc3cnc(N4CCn5cc(C)nc5C4)nc3)nc(-c3cc(Cl)cc(Cl)c3)c2)CC1. The van der Waals surface area contributed by atoms with Gasteiger partial charge < -0.3 is 18.9 Å². The molecule has 5 heterocycles. The second kappa shape index (κ2) is 12.9. The van der Waals surface area contributed by atoms with Gasteiger partial charge in [-0.1, -0.05) is 23.2 Å². The van der Waals surface area contributed by atoms with Crippen molar-refractivity contribution in [2.45, 2.75) is 45.8 Å². The Morgan fingerprint density at radius 2 is 1.72 bits per heavy atom. The summed E-state index contributed by atoms with van der Waals surface area (Å²) in [6, 6.07) is 9.35. The average Bonchev–Trinajstić information content (AvgIpc) is 3.37. The summed E-state index contributed by atoms with van der Waals surface area (Å²) in [4.78, 5) is 34.8. The maximum atomic E-state index is 11.7. The van der Waals surface area contributed by atoms with Gasteiger partial charge >= 0.3 is 5.97 Å². The van der Waals surface area contributed by atoms with Crippen LogP contribution in [0.4, 0.5) is 5.95 Å². The number of ether oxygens (including phenoxy) is 2. The van der Waals surface area contributed by atoms with Gasteiger partial charge in [0.15, 0.2) is 5.75 Å². The highest BCUT2D eigenvalue weighted by Gasteiger charge is 2.23. The minimum atomic E-state index is -0.144. The number of methoxy groups -OCH3 is 1. The summed E-state index contributed by atoms with van der Waals surface area (Å²) in [6.07, 6.45) is 7.78. The molecule has 12 heteroatoms. The van der Waals surface area contributed by atoms with Crippen LogP contribution in [0.25, 0.3) is 11.3 Å². The summed E-state index contributed by atoms with van der Waals surface area (Å²) in [5.41, 5.74) is 3.55. The van der Waals surface area contributed by atoms with Gasteiger partial charge in [-0.05, 0) is 68.6 Å². The number of pyridine rings is 1. The minimum absolute atomic E-state index is 0.144. The molecular weight excluding hydrogens is 589 g/mol. The van der Waals surface area contributed by atoms with E-state index in [0.717, 1.165) is 61.7 Å². The lowest BCUT2D eigenvalue weighted by atomic mass is 9.93. The van der Waals surface area contributed by atoms with E-state index in [1.165, 1.54) is 7.11 Å². The summed E-state index contributed by atoms with van der Waals surface area (Å²) in [5, 5.41) is 1.06. The predicted molar refractivity (Wildman–Crippen MR) is 164 cm³/mol. The van der Waals surface area contributed by atoms with Crippen molar-refractivity contribution in [2.75, 3.05) is 31.6 Å². The number of nitrogens with zero attached hydrogens (tertiary/aromatic N) is 7. The van der Waals surface area contributed by atoms with E-state index < -0.39 is 0 Å². The van der Waals surface area contributed by atoms with Gasteiger partial charge in [-0.25, -0.2) is 19.9 Å². The fraction of sp³-hybridized carbons (Fsp3) is 0.387. The Bertz CT molecular complexity index is 1580. The molecule has 0 spiro atoms. The van der Waals surface area contributed by atoms with Crippen LogP contribution in [0.1, 0.15) is 36.3 Å². The Morgan fingerprint density at radius 3 is 2.44 bits per heavy atom. The molecule has 0 bridgehead atoms. The van der Waals surface area contributed by atoms with E-state index in [-0.39, 0.29) is 5.97 Å². The molecule has 0 amide bonds. The van der Waals surface area contributed by atoms with Gasteiger partial charge in [0.05, 0.1) is 37.4 Å². The van der Waals surface area contributed by atoms with Crippen LogP contribution in [0, 0.1) is 12.8 Å². The van der Waals surface area contributed by atoms with Gasteiger partial charge in [0.1, 0.15) is 5.82 Å². The Balaban J connectivity index is 1.19. The van der Waals surface area contributed by atoms with Crippen LogP contribution in [0.2, 0.25) is 10.0 Å². The van der Waals surface area contributed by atoms with E-state index in [4.69, 9.17) is 37.7 Å². The molecule has 1 saturated heterocycles. The Kier molecular flexibility index (Phi) is 8.78. The molecule has 1 fully saturated rings. The number of hydrogen-bond donors (Lipinski definition) is 0. The van der Waals surface area contributed by atoms with E-state index in [9.17, 15) is 4.79 Å². The molecule has 10 nitrogen and oxygen atoms in total. The normalized spacial score (nSPS) is 15.8. The number of hydrogen-bond acceptors (Lipinski definition) is 9. The second-order valence-corrected chi connectivity index (χ2v) is 12.0. The number of aryl methyl sites for hydroxylation is 1. The highest BCUT2D eigenvalue weighted by Crippen LogP contribution is 2.31. The number of likely N-dealkylation sites (tertiary alicyclic amines) is 1. The van der Waals surface area contributed by atoms with E-state index in [1.54, 1.807) is 18.5 Å². The highest BCUT2D eigenvalue weighted by molar-refractivity contribution is 6.35. The van der Waals surface area contributed by atoms with Gasteiger partial charge in [0.2, 0.25) is 11.8 Å². The maximum absolute atomic E-state index is 11.7. The van der Waals surface area contributed by atoms with Gasteiger partial charge in [-0.3, -0.25) is 9.69 Å². The minimum Gasteiger partial charge on any atom is -0.469 e. The third kappa shape index (κ3) is 7.26. The molecule has 0 radical (unpaired) electrons. The van der Waals surface area contributed by atoms with Crippen molar-refractivity contribution in [2.24, 2.45) is 5.92 Å². The van der Waals surface area contributed by atoms with Crippen molar-refractivity contribution in [1.29, 1.82) is 0 Å². The number of aromatic nitrogens is 5.